The first-order valence-corrected chi connectivity index (χ1v) is 7.92. The average molecular weight is 322 g/mol. The average Bonchev–Trinajstić information content (AvgIpc) is 3.01. The van der Waals surface area contributed by atoms with Gasteiger partial charge < -0.3 is 9.55 Å². The predicted molar refractivity (Wildman–Crippen MR) is 89.1 cm³/mol. The zero-order valence-electron chi connectivity index (χ0n) is 13.4. The van der Waals surface area contributed by atoms with Crippen molar-refractivity contribution < 1.29 is 0 Å². The van der Waals surface area contributed by atoms with Crippen LogP contribution in [0.15, 0.2) is 41.7 Å². The van der Waals surface area contributed by atoms with Gasteiger partial charge in [0.05, 0.1) is 23.3 Å². The SMILES string of the molecule is Cn1cncc1CN1CCc2nc(-c3ccccn3)[nH]c(=O)c2C1. The van der Waals surface area contributed by atoms with Crippen LogP contribution in [-0.2, 0) is 26.6 Å². The first kappa shape index (κ1) is 14.8. The fraction of sp³-hybridized carbons (Fsp3) is 0.294. The lowest BCUT2D eigenvalue weighted by atomic mass is 10.1. The van der Waals surface area contributed by atoms with Crippen LogP contribution in [0.3, 0.4) is 0 Å². The Morgan fingerprint density at radius 2 is 2.25 bits per heavy atom. The summed E-state index contributed by atoms with van der Waals surface area (Å²) in [4.78, 5) is 30.7. The molecule has 7 nitrogen and oxygen atoms in total. The van der Waals surface area contributed by atoms with Crippen molar-refractivity contribution in [3.8, 4) is 11.5 Å². The van der Waals surface area contributed by atoms with Gasteiger partial charge in [-0.05, 0) is 12.1 Å². The second-order valence-corrected chi connectivity index (χ2v) is 6.01. The number of pyridine rings is 1. The molecule has 0 saturated carbocycles. The fourth-order valence-electron chi connectivity index (χ4n) is 3.01. The molecule has 122 valence electrons. The van der Waals surface area contributed by atoms with Gasteiger partial charge in [0.15, 0.2) is 5.82 Å². The maximum atomic E-state index is 12.5. The monoisotopic (exact) mass is 322 g/mol. The van der Waals surface area contributed by atoms with Crippen LogP contribution in [0.4, 0.5) is 0 Å². The number of nitrogens with zero attached hydrogens (tertiary/aromatic N) is 5. The Labute approximate surface area is 139 Å². The van der Waals surface area contributed by atoms with E-state index in [9.17, 15) is 4.79 Å². The smallest absolute Gasteiger partial charge is 0.255 e. The summed E-state index contributed by atoms with van der Waals surface area (Å²) in [6.07, 6.45) is 6.12. The highest BCUT2D eigenvalue weighted by molar-refractivity contribution is 5.49. The van der Waals surface area contributed by atoms with Crippen LogP contribution in [0.5, 0.6) is 0 Å². The van der Waals surface area contributed by atoms with Crippen molar-refractivity contribution in [3.05, 3.63) is 64.2 Å². The van der Waals surface area contributed by atoms with Gasteiger partial charge in [0.2, 0.25) is 0 Å². The highest BCUT2D eigenvalue weighted by atomic mass is 16.1. The van der Waals surface area contributed by atoms with Crippen molar-refractivity contribution in [3.63, 3.8) is 0 Å². The third-order valence-electron chi connectivity index (χ3n) is 4.36. The van der Waals surface area contributed by atoms with Gasteiger partial charge in [-0.2, -0.15) is 0 Å². The number of aryl methyl sites for hydroxylation is 1. The number of nitrogens with one attached hydrogen (secondary N) is 1. The molecule has 1 aliphatic heterocycles. The minimum Gasteiger partial charge on any atom is -0.337 e. The van der Waals surface area contributed by atoms with Crippen LogP contribution in [-0.4, -0.2) is 35.9 Å². The summed E-state index contributed by atoms with van der Waals surface area (Å²) in [5, 5.41) is 0. The van der Waals surface area contributed by atoms with E-state index in [1.54, 1.807) is 12.5 Å². The Morgan fingerprint density at radius 1 is 1.33 bits per heavy atom. The summed E-state index contributed by atoms with van der Waals surface area (Å²) in [7, 11) is 1.98. The summed E-state index contributed by atoms with van der Waals surface area (Å²) in [5.41, 5.74) is 3.38. The normalized spacial score (nSPS) is 14.5. The van der Waals surface area contributed by atoms with Crippen LogP contribution in [0.1, 0.15) is 17.0 Å². The largest absolute Gasteiger partial charge is 0.337 e. The number of fused-ring (bicyclic) bond motifs is 1. The molecule has 0 aromatic carbocycles. The van der Waals surface area contributed by atoms with Crippen molar-refractivity contribution in [1.82, 2.24) is 29.4 Å². The van der Waals surface area contributed by atoms with E-state index in [1.807, 2.05) is 36.0 Å². The molecule has 3 aromatic rings. The lowest BCUT2D eigenvalue weighted by Crippen LogP contribution is -2.35. The standard InChI is InChI=1S/C17H18N6O/c1-22-11-18-8-12(22)9-23-7-5-14-13(10-23)17(24)21-16(20-14)15-4-2-3-6-19-15/h2-4,6,8,11H,5,7,9-10H2,1H3,(H,20,21,24). The Morgan fingerprint density at radius 3 is 3.00 bits per heavy atom. The van der Waals surface area contributed by atoms with Crippen LogP contribution in [0, 0.1) is 0 Å². The second-order valence-electron chi connectivity index (χ2n) is 6.01. The maximum absolute atomic E-state index is 12.5. The molecule has 7 heteroatoms. The fourth-order valence-corrected chi connectivity index (χ4v) is 3.01. The third-order valence-corrected chi connectivity index (χ3v) is 4.36. The van der Waals surface area contributed by atoms with Gasteiger partial charge in [-0.3, -0.25) is 14.7 Å². The van der Waals surface area contributed by atoms with Crippen molar-refractivity contribution >= 4 is 0 Å². The Kier molecular flexibility index (Phi) is 3.70. The van der Waals surface area contributed by atoms with Gasteiger partial charge in [-0.15, -0.1) is 0 Å². The van der Waals surface area contributed by atoms with E-state index in [-0.39, 0.29) is 5.56 Å². The molecule has 24 heavy (non-hydrogen) atoms. The molecule has 0 aliphatic carbocycles. The lowest BCUT2D eigenvalue weighted by molar-refractivity contribution is 0.236. The maximum Gasteiger partial charge on any atom is 0.255 e. The van der Waals surface area contributed by atoms with Crippen LogP contribution in [0.2, 0.25) is 0 Å². The minimum atomic E-state index is -0.0737. The van der Waals surface area contributed by atoms with Crippen LogP contribution >= 0.6 is 0 Å². The van der Waals surface area contributed by atoms with Crippen LogP contribution in [0.25, 0.3) is 11.5 Å². The molecule has 3 aromatic heterocycles. The zero-order chi connectivity index (χ0) is 16.5. The number of imidazole rings is 1. The summed E-state index contributed by atoms with van der Waals surface area (Å²) in [5.74, 6) is 0.541. The summed E-state index contributed by atoms with van der Waals surface area (Å²) < 4.78 is 2.00. The quantitative estimate of drug-likeness (QED) is 0.782. The van der Waals surface area contributed by atoms with Crippen LogP contribution < -0.4 is 5.56 Å². The molecule has 0 fully saturated rings. The first-order chi connectivity index (χ1) is 11.7. The molecule has 4 rings (SSSR count). The molecule has 0 atom stereocenters. The zero-order valence-corrected chi connectivity index (χ0v) is 13.4. The van der Waals surface area contributed by atoms with Gasteiger partial charge in [0, 0.05) is 45.5 Å². The van der Waals surface area contributed by atoms with E-state index in [1.165, 1.54) is 0 Å². The van der Waals surface area contributed by atoms with Gasteiger partial charge in [0.25, 0.3) is 5.56 Å². The van der Waals surface area contributed by atoms with E-state index in [0.29, 0.717) is 18.1 Å². The van der Waals surface area contributed by atoms with Crippen molar-refractivity contribution in [2.45, 2.75) is 19.5 Å². The van der Waals surface area contributed by atoms with Crippen molar-refractivity contribution in [2.24, 2.45) is 7.05 Å². The number of aromatic amines is 1. The van der Waals surface area contributed by atoms with Gasteiger partial charge in [-0.25, -0.2) is 9.97 Å². The molecular formula is C17H18N6O. The number of H-pyrrole nitrogens is 1. The van der Waals surface area contributed by atoms with Gasteiger partial charge in [0.1, 0.15) is 5.69 Å². The van der Waals surface area contributed by atoms with E-state index in [0.717, 1.165) is 36.5 Å². The molecule has 0 radical (unpaired) electrons. The molecular weight excluding hydrogens is 304 g/mol. The summed E-state index contributed by atoms with van der Waals surface area (Å²) >= 11 is 0. The molecule has 1 aliphatic rings. The number of rotatable bonds is 3. The minimum absolute atomic E-state index is 0.0737. The highest BCUT2D eigenvalue weighted by Gasteiger charge is 2.22. The summed E-state index contributed by atoms with van der Waals surface area (Å²) in [6, 6.07) is 5.58. The molecule has 1 N–H and O–H groups in total. The predicted octanol–water partition coefficient (Wildman–Crippen LogP) is 1.12. The molecule has 0 bridgehead atoms. The molecule has 0 unspecified atom stereocenters. The summed E-state index contributed by atoms with van der Waals surface area (Å²) in [6.45, 7) is 2.25. The Hall–Kier alpha value is -2.80. The van der Waals surface area contributed by atoms with Gasteiger partial charge in [-0.1, -0.05) is 6.07 Å². The molecule has 4 heterocycles. The lowest BCUT2D eigenvalue weighted by Gasteiger charge is -2.27. The molecule has 0 amide bonds. The Bertz CT molecular complexity index is 914. The van der Waals surface area contributed by atoms with E-state index < -0.39 is 0 Å². The Balaban J connectivity index is 1.61. The number of hydrogen-bond donors (Lipinski definition) is 1. The van der Waals surface area contributed by atoms with Gasteiger partial charge >= 0.3 is 0 Å². The van der Waals surface area contributed by atoms with E-state index in [4.69, 9.17) is 0 Å². The number of aromatic nitrogens is 5. The first-order valence-electron chi connectivity index (χ1n) is 7.92. The molecule has 0 spiro atoms. The van der Waals surface area contributed by atoms with E-state index in [2.05, 4.69) is 24.8 Å². The second kappa shape index (κ2) is 6.01. The molecule has 0 saturated heterocycles. The number of hydrogen-bond acceptors (Lipinski definition) is 5. The van der Waals surface area contributed by atoms with Crippen molar-refractivity contribution in [1.29, 1.82) is 0 Å². The van der Waals surface area contributed by atoms with Crippen molar-refractivity contribution in [2.75, 3.05) is 6.54 Å². The topological polar surface area (TPSA) is 79.7 Å². The van der Waals surface area contributed by atoms with E-state index >= 15 is 0 Å². The highest BCUT2D eigenvalue weighted by Crippen LogP contribution is 2.18. The third kappa shape index (κ3) is 2.74.